The van der Waals surface area contributed by atoms with Crippen LogP contribution in [-0.2, 0) is 9.53 Å². The van der Waals surface area contributed by atoms with Crippen LogP contribution in [0.3, 0.4) is 0 Å². The molecule has 2 aliphatic rings. The highest BCUT2D eigenvalue weighted by molar-refractivity contribution is 6.31. The molecule has 0 spiro atoms. The maximum atomic E-state index is 14.8. The molecule has 3 aromatic rings. The second kappa shape index (κ2) is 9.94. The number of hydrogen-bond donors (Lipinski definition) is 3. The van der Waals surface area contributed by atoms with Gasteiger partial charge in [-0.1, -0.05) is 11.6 Å². The number of benzene rings is 1. The fraction of sp³-hybridized carbons (Fsp3) is 0.500. The highest BCUT2D eigenvalue weighted by Gasteiger charge is 2.29. The quantitative estimate of drug-likeness (QED) is 0.455. The van der Waals surface area contributed by atoms with Gasteiger partial charge in [-0.2, -0.15) is 4.98 Å². The van der Waals surface area contributed by atoms with E-state index in [1.54, 1.807) is 19.2 Å². The predicted molar refractivity (Wildman–Crippen MR) is 132 cm³/mol. The van der Waals surface area contributed by atoms with Gasteiger partial charge in [0, 0.05) is 36.2 Å². The second-order valence-electron chi connectivity index (χ2n) is 9.35. The van der Waals surface area contributed by atoms with Crippen LogP contribution < -0.4 is 16.4 Å². The van der Waals surface area contributed by atoms with Crippen molar-refractivity contribution < 1.29 is 13.9 Å². The van der Waals surface area contributed by atoms with Gasteiger partial charge in [0.15, 0.2) is 5.65 Å². The molecule has 11 heteroatoms. The van der Waals surface area contributed by atoms with Crippen LogP contribution in [0.1, 0.15) is 50.1 Å². The number of imidazole rings is 1. The molecule has 2 fully saturated rings. The molecular weight excluding hydrogens is 473 g/mol. The van der Waals surface area contributed by atoms with Gasteiger partial charge < -0.3 is 21.1 Å². The van der Waals surface area contributed by atoms with E-state index in [9.17, 15) is 9.18 Å². The molecule has 1 aliphatic heterocycles. The van der Waals surface area contributed by atoms with Crippen molar-refractivity contribution in [3.8, 4) is 0 Å². The Balaban J connectivity index is 1.51. The number of halogens is 2. The summed E-state index contributed by atoms with van der Waals surface area (Å²) in [6.07, 6.45) is 6.29. The topological polar surface area (TPSA) is 120 Å². The first-order valence-electron chi connectivity index (χ1n) is 12.0. The largest absolute Gasteiger partial charge is 0.381 e. The van der Waals surface area contributed by atoms with Crippen LogP contribution in [0.4, 0.5) is 22.0 Å². The summed E-state index contributed by atoms with van der Waals surface area (Å²) in [7, 11) is 0. The first kappa shape index (κ1) is 23.7. The maximum Gasteiger partial charge on any atom is 0.224 e. The Kier molecular flexibility index (Phi) is 6.75. The summed E-state index contributed by atoms with van der Waals surface area (Å²) < 4.78 is 22.2. The summed E-state index contributed by atoms with van der Waals surface area (Å²) in [6, 6.07) is 3.22. The van der Waals surface area contributed by atoms with Gasteiger partial charge in [-0.15, -0.1) is 0 Å². The summed E-state index contributed by atoms with van der Waals surface area (Å²) in [6.45, 7) is 3.17. The second-order valence-corrected chi connectivity index (χ2v) is 9.76. The van der Waals surface area contributed by atoms with E-state index in [1.807, 2.05) is 4.57 Å². The average Bonchev–Trinajstić information content (AvgIpc) is 3.20. The molecule has 35 heavy (non-hydrogen) atoms. The fourth-order valence-corrected chi connectivity index (χ4v) is 5.06. The number of ether oxygens (including phenoxy) is 1. The highest BCUT2D eigenvalue weighted by atomic mass is 35.5. The highest BCUT2D eigenvalue weighted by Crippen LogP contribution is 2.37. The molecule has 1 saturated heterocycles. The molecule has 0 bridgehead atoms. The number of hydrogen-bond acceptors (Lipinski definition) is 7. The number of primary amides is 1. The lowest BCUT2D eigenvalue weighted by Gasteiger charge is -2.29. The molecule has 2 aromatic heterocycles. The molecule has 1 aromatic carbocycles. The third-order valence-corrected chi connectivity index (χ3v) is 7.35. The SMILES string of the molecule is Cc1cc(F)c(Nc2nc3cnc(NC4CCOCC4)nc3n2C2CCC(C(N)=O)CC2)cc1Cl. The van der Waals surface area contributed by atoms with Crippen molar-refractivity contribution in [2.24, 2.45) is 11.7 Å². The van der Waals surface area contributed by atoms with E-state index in [1.165, 1.54) is 6.07 Å². The Hall–Kier alpha value is -2.98. The van der Waals surface area contributed by atoms with Crippen molar-refractivity contribution >= 4 is 46.3 Å². The zero-order chi connectivity index (χ0) is 24.5. The summed E-state index contributed by atoms with van der Waals surface area (Å²) in [5, 5.41) is 6.99. The summed E-state index contributed by atoms with van der Waals surface area (Å²) in [5.74, 6) is 0.160. The third-order valence-electron chi connectivity index (χ3n) is 6.95. The predicted octanol–water partition coefficient (Wildman–Crippen LogP) is 4.48. The fourth-order valence-electron chi connectivity index (χ4n) is 4.90. The molecule has 3 heterocycles. The van der Waals surface area contributed by atoms with Crippen molar-refractivity contribution in [1.29, 1.82) is 0 Å². The van der Waals surface area contributed by atoms with Crippen molar-refractivity contribution in [3.05, 3.63) is 34.7 Å². The Labute approximate surface area is 207 Å². The first-order valence-corrected chi connectivity index (χ1v) is 12.4. The molecule has 1 aliphatic carbocycles. The van der Waals surface area contributed by atoms with E-state index in [0.717, 1.165) is 25.7 Å². The van der Waals surface area contributed by atoms with Gasteiger partial charge in [-0.3, -0.25) is 9.36 Å². The molecule has 5 rings (SSSR count). The van der Waals surface area contributed by atoms with Crippen molar-refractivity contribution in [3.63, 3.8) is 0 Å². The van der Waals surface area contributed by atoms with Crippen molar-refractivity contribution in [2.75, 3.05) is 23.8 Å². The van der Waals surface area contributed by atoms with Crippen LogP contribution in [0.5, 0.6) is 0 Å². The molecule has 1 saturated carbocycles. The van der Waals surface area contributed by atoms with E-state index in [2.05, 4.69) is 15.6 Å². The molecule has 1 amide bonds. The summed E-state index contributed by atoms with van der Waals surface area (Å²) >= 11 is 6.26. The van der Waals surface area contributed by atoms with Crippen LogP contribution in [0.25, 0.3) is 11.2 Å². The molecule has 9 nitrogen and oxygen atoms in total. The number of fused-ring (bicyclic) bond motifs is 1. The Morgan fingerprint density at radius 1 is 1.17 bits per heavy atom. The number of amides is 1. The van der Waals surface area contributed by atoms with Gasteiger partial charge in [0.1, 0.15) is 11.3 Å². The van der Waals surface area contributed by atoms with Crippen LogP contribution in [0.2, 0.25) is 5.02 Å². The summed E-state index contributed by atoms with van der Waals surface area (Å²) in [4.78, 5) is 25.7. The molecule has 4 N–H and O–H groups in total. The Morgan fingerprint density at radius 2 is 1.91 bits per heavy atom. The number of carbonyl (C=O) groups excluding carboxylic acids is 1. The standard InChI is InChI=1S/C24H29ClFN7O2/c1-13-10-18(26)19(11-17(13)25)30-24-31-20-12-28-23(29-15-6-8-35-9-7-15)32-22(20)33(24)16-4-2-14(3-5-16)21(27)34/h10-12,14-16H,2-9H2,1H3,(H2,27,34)(H,30,31)(H,28,29,32). The number of anilines is 3. The van der Waals surface area contributed by atoms with E-state index in [0.29, 0.717) is 59.7 Å². The number of rotatable bonds is 6. The van der Waals surface area contributed by atoms with Gasteiger partial charge in [0.2, 0.25) is 17.8 Å². The van der Waals surface area contributed by atoms with Crippen LogP contribution in [0, 0.1) is 18.7 Å². The number of nitrogens with zero attached hydrogens (tertiary/aromatic N) is 4. The number of aryl methyl sites for hydroxylation is 1. The molecule has 0 atom stereocenters. The van der Waals surface area contributed by atoms with Gasteiger partial charge in [-0.25, -0.2) is 14.4 Å². The zero-order valence-corrected chi connectivity index (χ0v) is 20.3. The number of nitrogens with one attached hydrogen (secondary N) is 2. The molecular formula is C24H29ClFN7O2. The molecule has 0 radical (unpaired) electrons. The maximum absolute atomic E-state index is 14.8. The van der Waals surface area contributed by atoms with E-state index < -0.39 is 5.82 Å². The van der Waals surface area contributed by atoms with Gasteiger partial charge in [0.05, 0.1) is 11.9 Å². The van der Waals surface area contributed by atoms with Crippen molar-refractivity contribution in [2.45, 2.75) is 57.5 Å². The van der Waals surface area contributed by atoms with Crippen LogP contribution in [-0.4, -0.2) is 44.7 Å². The minimum absolute atomic E-state index is 0.0212. The number of nitrogens with two attached hydrogens (primary N) is 1. The molecule has 186 valence electrons. The van der Waals surface area contributed by atoms with Gasteiger partial charge in [0.25, 0.3) is 0 Å². The molecule has 0 unspecified atom stereocenters. The zero-order valence-electron chi connectivity index (χ0n) is 19.6. The summed E-state index contributed by atoms with van der Waals surface area (Å²) in [5.41, 5.74) is 7.68. The average molecular weight is 502 g/mol. The normalized spacial score (nSPS) is 21.2. The van der Waals surface area contributed by atoms with Gasteiger partial charge in [-0.05, 0) is 63.1 Å². The lowest BCUT2D eigenvalue weighted by Crippen LogP contribution is -2.29. The number of aromatic nitrogens is 4. The lowest BCUT2D eigenvalue weighted by molar-refractivity contribution is -0.122. The van der Waals surface area contributed by atoms with E-state index >= 15 is 0 Å². The third kappa shape index (κ3) is 5.04. The van der Waals surface area contributed by atoms with Crippen LogP contribution in [0.15, 0.2) is 18.3 Å². The lowest BCUT2D eigenvalue weighted by atomic mass is 9.85. The van der Waals surface area contributed by atoms with E-state index in [4.69, 9.17) is 32.0 Å². The Morgan fingerprint density at radius 3 is 2.63 bits per heavy atom. The van der Waals surface area contributed by atoms with Crippen LogP contribution >= 0.6 is 11.6 Å². The van der Waals surface area contributed by atoms with Crippen molar-refractivity contribution in [1.82, 2.24) is 19.5 Å². The first-order chi connectivity index (χ1) is 16.9. The minimum atomic E-state index is -0.420. The Bertz CT molecular complexity index is 1240. The monoisotopic (exact) mass is 501 g/mol. The number of carbonyl (C=O) groups is 1. The van der Waals surface area contributed by atoms with E-state index in [-0.39, 0.29) is 29.6 Å². The smallest absolute Gasteiger partial charge is 0.224 e. The minimum Gasteiger partial charge on any atom is -0.381 e. The van der Waals surface area contributed by atoms with Gasteiger partial charge >= 0.3 is 0 Å².